The lowest BCUT2D eigenvalue weighted by Gasteiger charge is -2.43. The van der Waals surface area contributed by atoms with Gasteiger partial charge in [-0.1, -0.05) is 54.6 Å². The van der Waals surface area contributed by atoms with Crippen molar-refractivity contribution < 1.29 is 18.7 Å². The van der Waals surface area contributed by atoms with Gasteiger partial charge in [-0.25, -0.2) is 13.6 Å². The molecule has 1 heterocycles. The first-order valence-electron chi connectivity index (χ1n) is 10.8. The predicted molar refractivity (Wildman–Crippen MR) is 127 cm³/mol. The fraction of sp³-hybridized carbons (Fsp3) is 0.269. The highest BCUT2D eigenvalue weighted by atomic mass is 35.5. The van der Waals surface area contributed by atoms with E-state index in [1.807, 2.05) is 30.3 Å². The molecular weight excluding hydrogens is 446 g/mol. The molecule has 0 aromatic heterocycles. The topological polar surface area (TPSA) is 52.6 Å². The van der Waals surface area contributed by atoms with Crippen molar-refractivity contribution in [2.75, 3.05) is 13.1 Å². The Morgan fingerprint density at radius 2 is 1.48 bits per heavy atom. The zero-order valence-electron chi connectivity index (χ0n) is 18.0. The van der Waals surface area contributed by atoms with Crippen LogP contribution in [0, 0.1) is 17.6 Å². The second-order valence-corrected chi connectivity index (χ2v) is 8.20. The highest BCUT2D eigenvalue weighted by Crippen LogP contribution is 2.38. The Morgan fingerprint density at radius 1 is 0.939 bits per heavy atom. The fourth-order valence-electron chi connectivity index (χ4n) is 4.73. The highest BCUT2D eigenvalue weighted by molar-refractivity contribution is 5.85. The molecule has 174 valence electrons. The summed E-state index contributed by atoms with van der Waals surface area (Å²) < 4.78 is 27.3. The van der Waals surface area contributed by atoms with Crippen molar-refractivity contribution in [2.45, 2.75) is 24.9 Å². The van der Waals surface area contributed by atoms with Crippen LogP contribution in [0.3, 0.4) is 0 Å². The van der Waals surface area contributed by atoms with Crippen molar-refractivity contribution >= 4 is 18.5 Å². The molecule has 3 aromatic carbocycles. The predicted octanol–water partition coefficient (Wildman–Crippen LogP) is 5.68. The molecule has 0 radical (unpaired) electrons. The van der Waals surface area contributed by atoms with E-state index in [0.29, 0.717) is 19.5 Å². The third-order valence-corrected chi connectivity index (χ3v) is 6.22. The molecule has 0 saturated carbocycles. The second-order valence-electron chi connectivity index (χ2n) is 8.20. The molecule has 1 saturated heterocycles. The molecule has 0 spiro atoms. The number of piperidine rings is 1. The number of nitrogens with zero attached hydrogens (tertiary/aromatic N) is 1. The summed E-state index contributed by atoms with van der Waals surface area (Å²) in [6.45, 7) is 1.60. The smallest absolute Gasteiger partial charge is 0.407 e. The number of carbonyl (C=O) groups is 1. The molecular formula is C26H27ClF2N2O2. The molecule has 1 aliphatic heterocycles. The van der Waals surface area contributed by atoms with Gasteiger partial charge in [0.25, 0.3) is 0 Å². The Labute approximate surface area is 198 Å². The van der Waals surface area contributed by atoms with Gasteiger partial charge in [0.05, 0.1) is 0 Å². The van der Waals surface area contributed by atoms with Crippen LogP contribution in [0.1, 0.15) is 29.0 Å². The number of nitrogens with one attached hydrogen (secondary N) is 1. The van der Waals surface area contributed by atoms with Crippen molar-refractivity contribution in [3.05, 3.63) is 107 Å². The highest BCUT2D eigenvalue weighted by Gasteiger charge is 2.39. The average molecular weight is 473 g/mol. The summed E-state index contributed by atoms with van der Waals surface area (Å²) in [4.78, 5) is 13.9. The van der Waals surface area contributed by atoms with E-state index in [4.69, 9.17) is 0 Å². The zero-order chi connectivity index (χ0) is 22.5. The normalized spacial score (nSPS) is 17.9. The van der Waals surface area contributed by atoms with E-state index in [1.165, 1.54) is 29.2 Å². The van der Waals surface area contributed by atoms with Gasteiger partial charge in [-0.2, -0.15) is 0 Å². The van der Waals surface area contributed by atoms with E-state index in [0.717, 1.165) is 16.7 Å². The van der Waals surface area contributed by atoms with Gasteiger partial charge >= 0.3 is 6.09 Å². The van der Waals surface area contributed by atoms with E-state index < -0.39 is 6.09 Å². The number of halogens is 3. The first-order chi connectivity index (χ1) is 15.5. The Hall–Kier alpha value is -2.96. The van der Waals surface area contributed by atoms with Crippen molar-refractivity contribution in [3.8, 4) is 0 Å². The molecule has 0 bridgehead atoms. The lowest BCUT2D eigenvalue weighted by molar-refractivity contribution is 0.0809. The maximum atomic E-state index is 13.7. The number of benzene rings is 3. The maximum Gasteiger partial charge on any atom is 0.407 e. The van der Waals surface area contributed by atoms with Crippen LogP contribution in [-0.2, 0) is 6.54 Å². The van der Waals surface area contributed by atoms with Crippen LogP contribution in [0.15, 0.2) is 78.9 Å². The quantitative estimate of drug-likeness (QED) is 0.485. The van der Waals surface area contributed by atoms with E-state index >= 15 is 0 Å². The number of carboxylic acid groups (broad SMARTS) is 1. The summed E-state index contributed by atoms with van der Waals surface area (Å²) >= 11 is 0. The van der Waals surface area contributed by atoms with Crippen LogP contribution in [0.4, 0.5) is 13.6 Å². The summed E-state index contributed by atoms with van der Waals surface area (Å²) in [6, 6.07) is 21.9. The molecule has 4 rings (SSSR count). The van der Waals surface area contributed by atoms with Gasteiger partial charge in [0.1, 0.15) is 11.6 Å². The van der Waals surface area contributed by atoms with E-state index in [9.17, 15) is 18.7 Å². The molecule has 1 amide bonds. The summed E-state index contributed by atoms with van der Waals surface area (Å²) in [7, 11) is 0. The maximum absolute atomic E-state index is 13.7. The van der Waals surface area contributed by atoms with Crippen molar-refractivity contribution in [1.29, 1.82) is 0 Å². The van der Waals surface area contributed by atoms with Crippen LogP contribution in [0.2, 0.25) is 0 Å². The molecule has 7 heteroatoms. The summed E-state index contributed by atoms with van der Waals surface area (Å²) in [5.41, 5.74) is 2.68. The zero-order valence-corrected chi connectivity index (χ0v) is 18.8. The minimum atomic E-state index is -0.970. The largest absolute Gasteiger partial charge is 0.465 e. The molecule has 4 nitrogen and oxygen atoms in total. The Morgan fingerprint density at radius 3 is 2.00 bits per heavy atom. The first kappa shape index (κ1) is 24.7. The third-order valence-electron chi connectivity index (χ3n) is 6.22. The lowest BCUT2D eigenvalue weighted by Crippen LogP contribution is -2.53. The number of hydrogen-bond donors (Lipinski definition) is 2. The third kappa shape index (κ3) is 5.89. The van der Waals surface area contributed by atoms with E-state index in [1.54, 1.807) is 24.3 Å². The molecule has 3 aromatic rings. The number of amides is 1. The molecule has 0 aliphatic carbocycles. The fourth-order valence-corrected chi connectivity index (χ4v) is 4.73. The van der Waals surface area contributed by atoms with Crippen LogP contribution in [-0.4, -0.2) is 35.2 Å². The van der Waals surface area contributed by atoms with Gasteiger partial charge < -0.3 is 15.3 Å². The minimum absolute atomic E-state index is 0. The van der Waals surface area contributed by atoms with Crippen molar-refractivity contribution in [1.82, 2.24) is 10.2 Å². The van der Waals surface area contributed by atoms with Crippen LogP contribution < -0.4 is 5.32 Å². The van der Waals surface area contributed by atoms with Gasteiger partial charge in [-0.15, -0.1) is 12.4 Å². The van der Waals surface area contributed by atoms with Gasteiger partial charge in [0.15, 0.2) is 0 Å². The van der Waals surface area contributed by atoms with Crippen molar-refractivity contribution in [2.24, 2.45) is 5.92 Å². The van der Waals surface area contributed by atoms with E-state index in [-0.39, 0.29) is 48.5 Å². The first-order valence-corrected chi connectivity index (χ1v) is 10.8. The molecule has 2 N–H and O–H groups in total. The average Bonchev–Trinajstić information content (AvgIpc) is 2.81. The number of hydrogen-bond acceptors (Lipinski definition) is 2. The Balaban J connectivity index is 0.00000306. The SMILES string of the molecule is Cl.O=C(O)N(Cc1ccccc1)[C@H]1CCNC[C@H]1C(c1ccc(F)cc1)c1ccc(F)cc1. The van der Waals surface area contributed by atoms with E-state index in [2.05, 4.69) is 5.32 Å². The Bertz CT molecular complexity index is 987. The molecule has 0 unspecified atom stereocenters. The number of rotatable bonds is 6. The van der Waals surface area contributed by atoms with Crippen LogP contribution >= 0.6 is 12.4 Å². The second kappa shape index (κ2) is 11.3. The lowest BCUT2D eigenvalue weighted by atomic mass is 9.74. The minimum Gasteiger partial charge on any atom is -0.465 e. The molecule has 1 aliphatic rings. The summed E-state index contributed by atoms with van der Waals surface area (Å²) in [5.74, 6) is -0.992. The standard InChI is InChI=1S/C26H26F2N2O2.ClH/c27-21-10-6-19(7-11-21)25(20-8-12-22(28)13-9-20)23-16-29-15-14-24(23)30(26(31)32)17-18-4-2-1-3-5-18;/h1-13,23-25,29H,14-17H2,(H,31,32);1H/t23-,24+;/m1./s1. The summed E-state index contributed by atoms with van der Waals surface area (Å²) in [5, 5.41) is 13.5. The van der Waals surface area contributed by atoms with Crippen LogP contribution in [0.25, 0.3) is 0 Å². The van der Waals surface area contributed by atoms with Gasteiger partial charge in [0.2, 0.25) is 0 Å². The van der Waals surface area contributed by atoms with Crippen LogP contribution in [0.5, 0.6) is 0 Å². The molecule has 2 atom stereocenters. The Kier molecular flexibility index (Phi) is 8.42. The monoisotopic (exact) mass is 472 g/mol. The molecule has 1 fully saturated rings. The van der Waals surface area contributed by atoms with Gasteiger partial charge in [0, 0.05) is 31.0 Å². The van der Waals surface area contributed by atoms with Crippen molar-refractivity contribution in [3.63, 3.8) is 0 Å². The van der Waals surface area contributed by atoms with Gasteiger partial charge in [-0.05, 0) is 53.9 Å². The molecule has 33 heavy (non-hydrogen) atoms. The summed E-state index contributed by atoms with van der Waals surface area (Å²) in [6.07, 6.45) is -0.314. The van der Waals surface area contributed by atoms with Gasteiger partial charge in [-0.3, -0.25) is 0 Å².